The Labute approximate surface area is 78.9 Å². The number of hydrazone groups is 1. The Morgan fingerprint density at radius 1 is 1.31 bits per heavy atom. The molecule has 0 atom stereocenters. The SMILES string of the molecule is CC1=CN2/N=C\CCCC=C2C=C1. The molecule has 0 saturated heterocycles. The largest absolute Gasteiger partial charge is 0.241 e. The van der Waals surface area contributed by atoms with E-state index >= 15 is 0 Å². The molecule has 2 rings (SSSR count). The molecule has 0 bridgehead atoms. The van der Waals surface area contributed by atoms with Gasteiger partial charge in [0.25, 0.3) is 0 Å². The minimum absolute atomic E-state index is 1.08. The second kappa shape index (κ2) is 3.60. The molecule has 2 nitrogen and oxygen atoms in total. The Bertz CT molecular complexity index is 308. The van der Waals surface area contributed by atoms with Gasteiger partial charge in [-0.1, -0.05) is 12.2 Å². The van der Waals surface area contributed by atoms with Gasteiger partial charge in [0.05, 0.1) is 5.70 Å². The molecular weight excluding hydrogens is 160 g/mol. The molecule has 0 radical (unpaired) electrons. The fourth-order valence-corrected chi connectivity index (χ4v) is 1.47. The van der Waals surface area contributed by atoms with Gasteiger partial charge in [0, 0.05) is 12.4 Å². The third-order valence-electron chi connectivity index (χ3n) is 2.20. The van der Waals surface area contributed by atoms with Crippen LogP contribution in [-0.2, 0) is 0 Å². The van der Waals surface area contributed by atoms with Crippen molar-refractivity contribution in [2.45, 2.75) is 26.2 Å². The summed E-state index contributed by atoms with van der Waals surface area (Å²) in [7, 11) is 0. The van der Waals surface area contributed by atoms with Crippen molar-refractivity contribution in [2.75, 3.05) is 0 Å². The third-order valence-corrected chi connectivity index (χ3v) is 2.20. The molecule has 13 heavy (non-hydrogen) atoms. The van der Waals surface area contributed by atoms with Crippen LogP contribution in [0.3, 0.4) is 0 Å². The van der Waals surface area contributed by atoms with Crippen molar-refractivity contribution in [3.63, 3.8) is 0 Å². The molecular formula is C11H14N2. The molecule has 2 heteroatoms. The maximum Gasteiger partial charge on any atom is 0.0605 e. The van der Waals surface area contributed by atoms with E-state index in [-0.39, 0.29) is 0 Å². The number of fused-ring (bicyclic) bond motifs is 1. The van der Waals surface area contributed by atoms with Gasteiger partial charge in [0.1, 0.15) is 0 Å². The molecule has 0 unspecified atom stereocenters. The summed E-state index contributed by atoms with van der Waals surface area (Å²) in [6.07, 6.45) is 14.0. The van der Waals surface area contributed by atoms with E-state index in [4.69, 9.17) is 0 Å². The monoisotopic (exact) mass is 174 g/mol. The first-order chi connectivity index (χ1) is 6.36. The predicted octanol–water partition coefficient (Wildman–Crippen LogP) is 2.82. The van der Waals surface area contributed by atoms with Crippen LogP contribution in [0.2, 0.25) is 0 Å². The van der Waals surface area contributed by atoms with Crippen molar-refractivity contribution in [3.8, 4) is 0 Å². The Morgan fingerprint density at radius 3 is 3.15 bits per heavy atom. The summed E-state index contributed by atoms with van der Waals surface area (Å²) in [5.41, 5.74) is 2.44. The van der Waals surface area contributed by atoms with E-state index in [1.807, 2.05) is 11.2 Å². The van der Waals surface area contributed by atoms with Gasteiger partial charge in [-0.25, -0.2) is 5.01 Å². The van der Waals surface area contributed by atoms with Crippen LogP contribution in [-0.4, -0.2) is 11.2 Å². The van der Waals surface area contributed by atoms with Crippen LogP contribution in [0.1, 0.15) is 26.2 Å². The zero-order chi connectivity index (χ0) is 9.10. The second-order valence-electron chi connectivity index (χ2n) is 3.41. The quantitative estimate of drug-likeness (QED) is 0.551. The highest BCUT2D eigenvalue weighted by atomic mass is 15.4. The van der Waals surface area contributed by atoms with Crippen molar-refractivity contribution in [3.05, 3.63) is 35.7 Å². The van der Waals surface area contributed by atoms with Gasteiger partial charge in [0.15, 0.2) is 0 Å². The lowest BCUT2D eigenvalue weighted by atomic mass is 10.1. The molecule has 2 aliphatic rings. The smallest absolute Gasteiger partial charge is 0.0605 e. The van der Waals surface area contributed by atoms with Crippen LogP contribution < -0.4 is 0 Å². The normalized spacial score (nSPS) is 23.9. The molecule has 0 fully saturated rings. The van der Waals surface area contributed by atoms with Crippen molar-refractivity contribution in [2.24, 2.45) is 5.10 Å². The zero-order valence-electron chi connectivity index (χ0n) is 7.90. The van der Waals surface area contributed by atoms with Crippen molar-refractivity contribution in [1.82, 2.24) is 5.01 Å². The van der Waals surface area contributed by atoms with Crippen molar-refractivity contribution >= 4 is 6.21 Å². The fourth-order valence-electron chi connectivity index (χ4n) is 1.47. The van der Waals surface area contributed by atoms with Crippen LogP contribution in [0.5, 0.6) is 0 Å². The summed E-state index contributed by atoms with van der Waals surface area (Å²) in [4.78, 5) is 0. The second-order valence-corrected chi connectivity index (χ2v) is 3.41. The van der Waals surface area contributed by atoms with Gasteiger partial charge in [0.2, 0.25) is 0 Å². The molecule has 0 amide bonds. The molecule has 0 spiro atoms. The summed E-state index contributed by atoms with van der Waals surface area (Å²) in [6, 6.07) is 0. The van der Waals surface area contributed by atoms with E-state index in [1.165, 1.54) is 17.7 Å². The van der Waals surface area contributed by atoms with Crippen LogP contribution in [0.4, 0.5) is 0 Å². The number of rotatable bonds is 0. The van der Waals surface area contributed by atoms with Gasteiger partial charge in [-0.05, 0) is 37.8 Å². The van der Waals surface area contributed by atoms with Crippen LogP contribution in [0, 0.1) is 0 Å². The Morgan fingerprint density at radius 2 is 2.23 bits per heavy atom. The van der Waals surface area contributed by atoms with Crippen LogP contribution >= 0.6 is 0 Å². The number of nitrogens with zero attached hydrogens (tertiary/aromatic N) is 2. The lowest BCUT2D eigenvalue weighted by Gasteiger charge is -2.21. The topological polar surface area (TPSA) is 15.6 Å². The Hall–Kier alpha value is -1.31. The minimum Gasteiger partial charge on any atom is -0.241 e. The maximum atomic E-state index is 4.37. The molecule has 0 saturated carbocycles. The molecule has 2 aliphatic heterocycles. The number of hydrogen-bond donors (Lipinski definition) is 0. The summed E-state index contributed by atoms with van der Waals surface area (Å²) >= 11 is 0. The minimum atomic E-state index is 1.08. The molecule has 2 heterocycles. The summed E-state index contributed by atoms with van der Waals surface area (Å²) in [5.74, 6) is 0. The Balaban J connectivity index is 2.27. The van der Waals surface area contributed by atoms with E-state index in [1.54, 1.807) is 0 Å². The lowest BCUT2D eigenvalue weighted by Crippen LogP contribution is -2.12. The molecule has 0 aromatic heterocycles. The highest BCUT2D eigenvalue weighted by molar-refractivity contribution is 5.57. The summed E-state index contributed by atoms with van der Waals surface area (Å²) in [5, 5.41) is 6.32. The first-order valence-corrected chi connectivity index (χ1v) is 4.74. The third kappa shape index (κ3) is 1.89. The molecule has 0 N–H and O–H groups in total. The highest BCUT2D eigenvalue weighted by Gasteiger charge is 2.07. The zero-order valence-corrected chi connectivity index (χ0v) is 7.90. The van der Waals surface area contributed by atoms with Gasteiger partial charge in [-0.2, -0.15) is 5.10 Å². The van der Waals surface area contributed by atoms with E-state index in [0.29, 0.717) is 0 Å². The van der Waals surface area contributed by atoms with Gasteiger partial charge in [-0.15, -0.1) is 0 Å². The van der Waals surface area contributed by atoms with E-state index in [0.717, 1.165) is 12.8 Å². The molecule has 68 valence electrons. The Kier molecular flexibility index (Phi) is 2.30. The summed E-state index contributed by atoms with van der Waals surface area (Å²) < 4.78 is 0. The summed E-state index contributed by atoms with van der Waals surface area (Å²) in [6.45, 7) is 2.08. The first kappa shape index (κ1) is 8.30. The molecule has 0 aromatic carbocycles. The average Bonchev–Trinajstić information content (AvgIpc) is 2.08. The maximum absolute atomic E-state index is 4.37. The van der Waals surface area contributed by atoms with Crippen molar-refractivity contribution in [1.29, 1.82) is 0 Å². The van der Waals surface area contributed by atoms with Gasteiger partial charge in [-0.3, -0.25) is 0 Å². The predicted molar refractivity (Wildman–Crippen MR) is 55.2 cm³/mol. The first-order valence-electron chi connectivity index (χ1n) is 4.74. The number of allylic oxidation sites excluding steroid dienone is 4. The fraction of sp³-hybridized carbons (Fsp3) is 0.364. The van der Waals surface area contributed by atoms with Gasteiger partial charge < -0.3 is 0 Å². The lowest BCUT2D eigenvalue weighted by molar-refractivity contribution is 0.499. The van der Waals surface area contributed by atoms with Crippen LogP contribution in [0.25, 0.3) is 0 Å². The van der Waals surface area contributed by atoms with E-state index < -0.39 is 0 Å². The van der Waals surface area contributed by atoms with E-state index in [9.17, 15) is 0 Å². The van der Waals surface area contributed by atoms with E-state index in [2.05, 4.69) is 36.5 Å². The molecule has 0 aliphatic carbocycles. The van der Waals surface area contributed by atoms with Crippen LogP contribution in [0.15, 0.2) is 40.8 Å². The highest BCUT2D eigenvalue weighted by Crippen LogP contribution is 2.19. The molecule has 0 aromatic rings. The average molecular weight is 174 g/mol. The standard InChI is InChI=1S/C11H14N2/c1-10-6-7-11-5-3-2-4-8-12-13(11)9-10/h5-9H,2-4H2,1H3/b11-5?,12-8-. The van der Waals surface area contributed by atoms with Crippen molar-refractivity contribution < 1.29 is 0 Å². The van der Waals surface area contributed by atoms with Gasteiger partial charge >= 0.3 is 0 Å². The number of hydrogen-bond acceptors (Lipinski definition) is 2.